The molecule has 0 aromatic carbocycles. The minimum atomic E-state index is -0.0609. The zero-order valence-electron chi connectivity index (χ0n) is 11.8. The van der Waals surface area contributed by atoms with Crippen LogP contribution in [0, 0.1) is 0 Å². The number of likely N-dealkylation sites (N-methyl/N-ethyl adjacent to an activating group) is 1. The van der Waals surface area contributed by atoms with Gasteiger partial charge in [0, 0.05) is 25.4 Å². The van der Waals surface area contributed by atoms with Crippen LogP contribution in [0.2, 0.25) is 0 Å². The summed E-state index contributed by atoms with van der Waals surface area (Å²) in [5.41, 5.74) is 1.18. The quantitative estimate of drug-likeness (QED) is 0.874. The molecule has 1 N–H and O–H groups in total. The van der Waals surface area contributed by atoms with E-state index in [1.807, 2.05) is 25.0 Å². The van der Waals surface area contributed by atoms with E-state index in [-0.39, 0.29) is 11.6 Å². The second-order valence-corrected chi connectivity index (χ2v) is 5.18. The van der Waals surface area contributed by atoms with Crippen LogP contribution in [0.1, 0.15) is 50.6 Å². The third-order valence-electron chi connectivity index (χ3n) is 4.23. The first kappa shape index (κ1) is 13.6. The summed E-state index contributed by atoms with van der Waals surface area (Å²) in [6, 6.07) is 0.239. The third-order valence-corrected chi connectivity index (χ3v) is 4.23. The summed E-state index contributed by atoms with van der Waals surface area (Å²) in [5.74, 6) is 0. The van der Waals surface area contributed by atoms with E-state index in [0.717, 1.165) is 19.4 Å². The SMILES string of the molecule is CCn1cc(C(NC)C2(OC)CCCCC2)cn1. The fourth-order valence-corrected chi connectivity index (χ4v) is 3.20. The van der Waals surface area contributed by atoms with E-state index in [1.54, 1.807) is 0 Å². The molecule has 1 atom stereocenters. The van der Waals surface area contributed by atoms with E-state index < -0.39 is 0 Å². The molecule has 18 heavy (non-hydrogen) atoms. The van der Waals surface area contributed by atoms with E-state index >= 15 is 0 Å². The number of rotatable bonds is 5. The molecule has 1 aliphatic rings. The highest BCUT2D eigenvalue weighted by Crippen LogP contribution is 2.40. The Bertz CT molecular complexity index is 369. The van der Waals surface area contributed by atoms with Crippen LogP contribution in [0.15, 0.2) is 12.4 Å². The number of aromatic nitrogens is 2. The maximum Gasteiger partial charge on any atom is 0.0873 e. The van der Waals surface area contributed by atoms with Crippen molar-refractivity contribution in [2.24, 2.45) is 0 Å². The molecule has 0 saturated heterocycles. The van der Waals surface area contributed by atoms with E-state index in [1.165, 1.54) is 24.8 Å². The van der Waals surface area contributed by atoms with E-state index in [9.17, 15) is 0 Å². The van der Waals surface area contributed by atoms with E-state index in [4.69, 9.17) is 4.74 Å². The molecule has 0 aliphatic heterocycles. The molecule has 0 radical (unpaired) electrons. The van der Waals surface area contributed by atoms with Crippen LogP contribution in [0.3, 0.4) is 0 Å². The van der Waals surface area contributed by atoms with Crippen molar-refractivity contribution in [1.29, 1.82) is 0 Å². The Kier molecular flexibility index (Phi) is 4.40. The summed E-state index contributed by atoms with van der Waals surface area (Å²) >= 11 is 0. The monoisotopic (exact) mass is 251 g/mol. The first-order chi connectivity index (χ1) is 8.75. The van der Waals surface area contributed by atoms with Gasteiger partial charge in [-0.05, 0) is 26.8 Å². The van der Waals surface area contributed by atoms with Gasteiger partial charge in [-0.2, -0.15) is 5.10 Å². The maximum atomic E-state index is 5.93. The smallest absolute Gasteiger partial charge is 0.0873 e. The Morgan fingerprint density at radius 1 is 1.44 bits per heavy atom. The predicted octanol–water partition coefficient (Wildman–Crippen LogP) is 2.51. The highest BCUT2D eigenvalue weighted by molar-refractivity contribution is 5.17. The van der Waals surface area contributed by atoms with Crippen LogP contribution >= 0.6 is 0 Å². The summed E-state index contributed by atoms with van der Waals surface area (Å²) in [5, 5.41) is 7.82. The molecule has 1 saturated carbocycles. The van der Waals surface area contributed by atoms with Gasteiger partial charge in [0.1, 0.15) is 0 Å². The lowest BCUT2D eigenvalue weighted by Crippen LogP contribution is -2.45. The molecule has 4 heteroatoms. The Morgan fingerprint density at radius 3 is 2.67 bits per heavy atom. The minimum absolute atomic E-state index is 0.0609. The number of hydrogen-bond acceptors (Lipinski definition) is 3. The van der Waals surface area contributed by atoms with Gasteiger partial charge in [-0.3, -0.25) is 4.68 Å². The highest BCUT2D eigenvalue weighted by atomic mass is 16.5. The zero-order chi connectivity index (χ0) is 13.0. The molecular formula is C14H25N3O. The lowest BCUT2D eigenvalue weighted by molar-refractivity contribution is -0.0671. The van der Waals surface area contributed by atoms with Crippen molar-refractivity contribution >= 4 is 0 Å². The molecule has 4 nitrogen and oxygen atoms in total. The van der Waals surface area contributed by atoms with Gasteiger partial charge in [0.2, 0.25) is 0 Å². The Morgan fingerprint density at radius 2 is 2.17 bits per heavy atom. The summed E-state index contributed by atoms with van der Waals surface area (Å²) < 4.78 is 7.91. The van der Waals surface area contributed by atoms with Gasteiger partial charge in [-0.1, -0.05) is 19.3 Å². The molecule has 1 aliphatic carbocycles. The topological polar surface area (TPSA) is 39.1 Å². The lowest BCUT2D eigenvalue weighted by Gasteiger charge is -2.42. The first-order valence-corrected chi connectivity index (χ1v) is 7.00. The molecule has 2 rings (SSSR count). The summed E-state index contributed by atoms with van der Waals surface area (Å²) in [7, 11) is 3.86. The number of nitrogens with one attached hydrogen (secondary N) is 1. The van der Waals surface area contributed by atoms with Gasteiger partial charge in [-0.25, -0.2) is 0 Å². The fourth-order valence-electron chi connectivity index (χ4n) is 3.20. The summed E-state index contributed by atoms with van der Waals surface area (Å²) in [6.07, 6.45) is 10.2. The number of methoxy groups -OCH3 is 1. The molecular weight excluding hydrogens is 226 g/mol. The van der Waals surface area contributed by atoms with Crippen LogP contribution in [-0.4, -0.2) is 29.5 Å². The van der Waals surface area contributed by atoms with Crippen molar-refractivity contribution in [1.82, 2.24) is 15.1 Å². The molecule has 0 spiro atoms. The van der Waals surface area contributed by atoms with Gasteiger partial charge >= 0.3 is 0 Å². The Balaban J connectivity index is 2.24. The third kappa shape index (κ3) is 2.45. The van der Waals surface area contributed by atoms with Gasteiger partial charge in [0.05, 0.1) is 17.8 Å². The molecule has 0 bridgehead atoms. The van der Waals surface area contributed by atoms with Crippen LogP contribution in [0.5, 0.6) is 0 Å². The lowest BCUT2D eigenvalue weighted by atomic mass is 9.77. The molecule has 0 amide bonds. The molecule has 1 aromatic rings. The van der Waals surface area contributed by atoms with Crippen molar-refractivity contribution in [3.05, 3.63) is 18.0 Å². The van der Waals surface area contributed by atoms with Crippen molar-refractivity contribution in [2.45, 2.75) is 57.2 Å². The van der Waals surface area contributed by atoms with Crippen LogP contribution in [-0.2, 0) is 11.3 Å². The minimum Gasteiger partial charge on any atom is -0.376 e. The predicted molar refractivity (Wildman–Crippen MR) is 72.5 cm³/mol. The molecule has 1 heterocycles. The second-order valence-electron chi connectivity index (χ2n) is 5.18. The summed E-state index contributed by atoms with van der Waals surface area (Å²) in [4.78, 5) is 0. The van der Waals surface area contributed by atoms with Crippen molar-refractivity contribution in [3.8, 4) is 0 Å². The maximum absolute atomic E-state index is 5.93. The fraction of sp³-hybridized carbons (Fsp3) is 0.786. The van der Waals surface area contributed by atoms with Crippen LogP contribution in [0.25, 0.3) is 0 Å². The first-order valence-electron chi connectivity index (χ1n) is 7.00. The van der Waals surface area contributed by atoms with Gasteiger partial charge < -0.3 is 10.1 Å². The van der Waals surface area contributed by atoms with Crippen molar-refractivity contribution in [3.63, 3.8) is 0 Å². The largest absolute Gasteiger partial charge is 0.376 e. The average molecular weight is 251 g/mol. The zero-order valence-corrected chi connectivity index (χ0v) is 11.8. The van der Waals surface area contributed by atoms with Gasteiger partial charge in [0.15, 0.2) is 0 Å². The molecule has 1 aromatic heterocycles. The van der Waals surface area contributed by atoms with E-state index in [0.29, 0.717) is 0 Å². The normalized spacial score (nSPS) is 20.8. The number of aryl methyl sites for hydroxylation is 1. The number of ether oxygens (including phenoxy) is 1. The number of nitrogens with zero attached hydrogens (tertiary/aromatic N) is 2. The van der Waals surface area contributed by atoms with Gasteiger partial charge in [0.25, 0.3) is 0 Å². The van der Waals surface area contributed by atoms with E-state index in [2.05, 4.69) is 23.5 Å². The van der Waals surface area contributed by atoms with Gasteiger partial charge in [-0.15, -0.1) is 0 Å². The standard InChI is InChI=1S/C14H25N3O/c1-4-17-11-12(10-16-17)13(15-2)14(18-3)8-6-5-7-9-14/h10-11,13,15H,4-9H2,1-3H3. The van der Waals surface area contributed by atoms with Crippen LogP contribution < -0.4 is 5.32 Å². The van der Waals surface area contributed by atoms with Crippen LogP contribution in [0.4, 0.5) is 0 Å². The molecule has 102 valence electrons. The van der Waals surface area contributed by atoms with Crippen molar-refractivity contribution < 1.29 is 4.74 Å². The Labute approximate surface area is 110 Å². The summed E-state index contributed by atoms with van der Waals surface area (Å²) in [6.45, 7) is 3.02. The number of hydrogen-bond donors (Lipinski definition) is 1. The Hall–Kier alpha value is -0.870. The average Bonchev–Trinajstić information content (AvgIpc) is 2.89. The highest BCUT2D eigenvalue weighted by Gasteiger charge is 2.40. The molecule has 1 fully saturated rings. The van der Waals surface area contributed by atoms with Crippen molar-refractivity contribution in [2.75, 3.05) is 14.2 Å². The molecule has 1 unspecified atom stereocenters. The second kappa shape index (κ2) is 5.85.